The van der Waals surface area contributed by atoms with Gasteiger partial charge in [0.05, 0.1) is 0 Å². The van der Waals surface area contributed by atoms with Crippen molar-refractivity contribution in [3.8, 4) is 0 Å². The smallest absolute Gasteiger partial charge is 0.238 e. The molecule has 0 aromatic carbocycles. The van der Waals surface area contributed by atoms with Crippen molar-refractivity contribution < 1.29 is 4.79 Å². The van der Waals surface area contributed by atoms with E-state index in [0.29, 0.717) is 6.42 Å². The Balaban J connectivity index is 2.80. The van der Waals surface area contributed by atoms with Crippen LogP contribution in [0.3, 0.4) is 0 Å². The van der Waals surface area contributed by atoms with Gasteiger partial charge in [-0.1, -0.05) is 15.9 Å². The zero-order valence-corrected chi connectivity index (χ0v) is 6.84. The summed E-state index contributed by atoms with van der Waals surface area (Å²) < 4.78 is -0.700. The summed E-state index contributed by atoms with van der Waals surface area (Å²) in [5.74, 6) is -0.380. The maximum atomic E-state index is 10.7. The minimum atomic E-state index is -0.700. The Morgan fingerprint density at radius 3 is 2.80 bits per heavy atom. The van der Waals surface area contributed by atoms with E-state index in [1.807, 2.05) is 0 Å². The number of nitrogens with zero attached hydrogens (tertiary/aromatic N) is 1. The Morgan fingerprint density at radius 2 is 2.50 bits per heavy atom. The molecule has 0 fully saturated rings. The van der Waals surface area contributed by atoms with E-state index in [1.54, 1.807) is 18.5 Å². The number of nitrogens with two attached hydrogens (primary N) is 1. The van der Waals surface area contributed by atoms with Gasteiger partial charge in [-0.25, -0.2) is 0 Å². The second-order valence-corrected chi connectivity index (χ2v) is 3.49. The lowest BCUT2D eigenvalue weighted by Crippen LogP contribution is -2.37. The molecule has 1 unspecified atom stereocenters. The summed E-state index contributed by atoms with van der Waals surface area (Å²) in [7, 11) is 0. The van der Waals surface area contributed by atoms with Crippen LogP contribution in [0, 0.1) is 0 Å². The van der Waals surface area contributed by atoms with Crippen molar-refractivity contribution in [2.75, 3.05) is 0 Å². The van der Waals surface area contributed by atoms with Gasteiger partial charge >= 0.3 is 0 Å². The number of hydrogen-bond acceptors (Lipinski definition) is 2. The molecule has 10 heavy (non-hydrogen) atoms. The molecule has 1 amide bonds. The van der Waals surface area contributed by atoms with Crippen LogP contribution < -0.4 is 5.73 Å². The largest absolute Gasteiger partial charge is 0.368 e. The molecule has 0 spiro atoms. The highest BCUT2D eigenvalue weighted by Gasteiger charge is 2.30. The number of rotatable bonds is 1. The minimum Gasteiger partial charge on any atom is -0.368 e. The number of primary amides is 1. The SMILES string of the molecule is NC(=O)C1(Br)C=CN=CC1. The normalized spacial score (nSPS) is 30.5. The number of carbonyl (C=O) groups excluding carboxylic acids is 1. The number of hydrogen-bond donors (Lipinski definition) is 1. The van der Waals surface area contributed by atoms with Crippen LogP contribution >= 0.6 is 15.9 Å². The number of aliphatic imine (C=N–C) groups is 1. The van der Waals surface area contributed by atoms with Gasteiger partial charge in [-0.15, -0.1) is 0 Å². The highest BCUT2D eigenvalue weighted by atomic mass is 79.9. The molecule has 0 bridgehead atoms. The van der Waals surface area contributed by atoms with Crippen molar-refractivity contribution >= 4 is 28.1 Å². The second-order valence-electron chi connectivity index (χ2n) is 2.08. The minimum absolute atomic E-state index is 0.380. The van der Waals surface area contributed by atoms with E-state index in [9.17, 15) is 4.79 Å². The average molecular weight is 203 g/mol. The molecule has 2 N–H and O–H groups in total. The van der Waals surface area contributed by atoms with Gasteiger partial charge in [0.15, 0.2) is 0 Å². The van der Waals surface area contributed by atoms with E-state index in [2.05, 4.69) is 20.9 Å². The monoisotopic (exact) mass is 202 g/mol. The Bertz CT molecular complexity index is 212. The third-order valence-corrected chi connectivity index (χ3v) is 2.31. The predicted octanol–water partition coefficient (Wildman–Crippen LogP) is 0.594. The van der Waals surface area contributed by atoms with Crippen molar-refractivity contribution in [3.05, 3.63) is 12.3 Å². The fraction of sp³-hybridized carbons (Fsp3) is 0.333. The zero-order chi connectivity index (χ0) is 7.61. The first kappa shape index (κ1) is 7.47. The van der Waals surface area contributed by atoms with Crippen LogP contribution in [-0.2, 0) is 4.79 Å². The Hall–Kier alpha value is -0.640. The molecule has 0 aromatic heterocycles. The molecule has 0 aromatic rings. The van der Waals surface area contributed by atoms with Gasteiger partial charge in [-0.3, -0.25) is 9.79 Å². The quantitative estimate of drug-likeness (QED) is 0.623. The summed E-state index contributed by atoms with van der Waals surface area (Å²) in [4.78, 5) is 14.6. The van der Waals surface area contributed by atoms with E-state index in [-0.39, 0.29) is 5.91 Å². The van der Waals surface area contributed by atoms with E-state index < -0.39 is 4.32 Å². The molecular weight excluding hydrogens is 196 g/mol. The highest BCUT2D eigenvalue weighted by molar-refractivity contribution is 9.10. The highest BCUT2D eigenvalue weighted by Crippen LogP contribution is 2.24. The summed E-state index contributed by atoms with van der Waals surface area (Å²) in [6.07, 6.45) is 5.39. The molecule has 1 heterocycles. The average Bonchev–Trinajstić information content (AvgIpc) is 1.89. The molecule has 3 nitrogen and oxygen atoms in total. The standard InChI is InChI=1S/C6H7BrN2O/c7-6(5(8)10)1-3-9-4-2-6/h1,3-4H,2H2,(H2,8,10). The molecule has 1 aliphatic heterocycles. The summed E-state index contributed by atoms with van der Waals surface area (Å²) in [6, 6.07) is 0. The Morgan fingerprint density at radius 1 is 1.80 bits per heavy atom. The van der Waals surface area contributed by atoms with Crippen molar-refractivity contribution in [1.82, 2.24) is 0 Å². The molecule has 54 valence electrons. The maximum absolute atomic E-state index is 10.7. The predicted molar refractivity (Wildman–Crippen MR) is 43.1 cm³/mol. The van der Waals surface area contributed by atoms with Gasteiger partial charge in [0, 0.05) is 18.8 Å². The first-order valence-corrected chi connectivity index (χ1v) is 3.62. The molecule has 0 aliphatic carbocycles. The number of halogens is 1. The topological polar surface area (TPSA) is 55.5 Å². The van der Waals surface area contributed by atoms with Gasteiger partial charge in [-0.2, -0.15) is 0 Å². The number of carbonyl (C=O) groups is 1. The summed E-state index contributed by atoms with van der Waals surface area (Å²) in [5, 5.41) is 0. The third kappa shape index (κ3) is 1.26. The summed E-state index contributed by atoms with van der Waals surface area (Å²) in [5.41, 5.74) is 5.10. The lowest BCUT2D eigenvalue weighted by atomic mass is 10.0. The van der Waals surface area contributed by atoms with Crippen LogP contribution in [0.2, 0.25) is 0 Å². The Labute approximate surface area is 67.1 Å². The molecular formula is C6H7BrN2O. The van der Waals surface area contributed by atoms with Gasteiger partial charge in [-0.05, 0) is 6.08 Å². The van der Waals surface area contributed by atoms with Crippen LogP contribution in [0.25, 0.3) is 0 Å². The second kappa shape index (κ2) is 2.54. The van der Waals surface area contributed by atoms with Crippen molar-refractivity contribution in [3.63, 3.8) is 0 Å². The van der Waals surface area contributed by atoms with Crippen molar-refractivity contribution in [1.29, 1.82) is 0 Å². The van der Waals surface area contributed by atoms with Crippen molar-refractivity contribution in [2.24, 2.45) is 10.7 Å². The number of amides is 1. The summed E-state index contributed by atoms with van der Waals surface area (Å²) >= 11 is 3.21. The molecule has 0 saturated heterocycles. The van der Waals surface area contributed by atoms with Crippen LogP contribution in [-0.4, -0.2) is 16.4 Å². The molecule has 0 saturated carbocycles. The van der Waals surface area contributed by atoms with Gasteiger partial charge in [0.1, 0.15) is 4.32 Å². The van der Waals surface area contributed by atoms with E-state index in [1.165, 1.54) is 0 Å². The molecule has 1 aliphatic rings. The first-order chi connectivity index (χ1) is 4.65. The number of alkyl halides is 1. The van der Waals surface area contributed by atoms with Crippen LogP contribution in [0.4, 0.5) is 0 Å². The first-order valence-electron chi connectivity index (χ1n) is 2.83. The third-order valence-electron chi connectivity index (χ3n) is 1.33. The van der Waals surface area contributed by atoms with Crippen LogP contribution in [0.1, 0.15) is 6.42 Å². The van der Waals surface area contributed by atoms with Gasteiger partial charge in [0.2, 0.25) is 5.91 Å². The van der Waals surface area contributed by atoms with Crippen molar-refractivity contribution in [2.45, 2.75) is 10.7 Å². The maximum Gasteiger partial charge on any atom is 0.238 e. The van der Waals surface area contributed by atoms with Gasteiger partial charge in [0.25, 0.3) is 0 Å². The lowest BCUT2D eigenvalue weighted by Gasteiger charge is -2.18. The fourth-order valence-electron chi connectivity index (χ4n) is 0.658. The Kier molecular flexibility index (Phi) is 1.89. The summed E-state index contributed by atoms with van der Waals surface area (Å²) in [6.45, 7) is 0. The van der Waals surface area contributed by atoms with E-state index >= 15 is 0 Å². The van der Waals surface area contributed by atoms with Gasteiger partial charge < -0.3 is 5.73 Å². The zero-order valence-electron chi connectivity index (χ0n) is 5.25. The fourth-order valence-corrected chi connectivity index (χ4v) is 0.921. The van der Waals surface area contributed by atoms with E-state index in [0.717, 1.165) is 0 Å². The van der Waals surface area contributed by atoms with E-state index in [4.69, 9.17) is 5.73 Å². The molecule has 1 atom stereocenters. The molecule has 0 radical (unpaired) electrons. The molecule has 1 rings (SSSR count). The van der Waals surface area contributed by atoms with Crippen LogP contribution in [0.15, 0.2) is 17.3 Å². The molecule has 4 heteroatoms. The van der Waals surface area contributed by atoms with Crippen LogP contribution in [0.5, 0.6) is 0 Å². The lowest BCUT2D eigenvalue weighted by molar-refractivity contribution is -0.118.